The number of fused-ring (bicyclic) bond motifs is 1. The summed E-state index contributed by atoms with van der Waals surface area (Å²) in [6.45, 7) is 0. The number of benzene rings is 2. The van der Waals surface area contributed by atoms with Gasteiger partial charge in [0.05, 0.1) is 19.2 Å². The molecular formula is C18H14F3NO4. The molecule has 0 aliphatic heterocycles. The van der Waals surface area contributed by atoms with Crippen LogP contribution in [0.3, 0.4) is 0 Å². The first-order valence-corrected chi connectivity index (χ1v) is 7.54. The fourth-order valence-corrected chi connectivity index (χ4v) is 2.84. The van der Waals surface area contributed by atoms with Crippen molar-refractivity contribution in [2.75, 3.05) is 7.11 Å². The van der Waals surface area contributed by atoms with Crippen molar-refractivity contribution in [3.05, 3.63) is 48.0 Å². The molecule has 0 aliphatic carbocycles. The first-order valence-electron chi connectivity index (χ1n) is 7.54. The zero-order chi connectivity index (χ0) is 18.9. The number of carboxylic acid groups (broad SMARTS) is 1. The van der Waals surface area contributed by atoms with Crippen molar-refractivity contribution in [1.29, 1.82) is 0 Å². The molecule has 0 aliphatic rings. The van der Waals surface area contributed by atoms with Crippen LogP contribution in [0.4, 0.5) is 13.2 Å². The maximum absolute atomic E-state index is 12.5. The second-order valence-electron chi connectivity index (χ2n) is 5.50. The Bertz CT molecular complexity index is 963. The Kier molecular flexibility index (Phi) is 4.50. The van der Waals surface area contributed by atoms with Gasteiger partial charge >= 0.3 is 12.3 Å². The lowest BCUT2D eigenvalue weighted by Gasteiger charge is -2.09. The van der Waals surface area contributed by atoms with E-state index in [1.807, 2.05) is 0 Å². The van der Waals surface area contributed by atoms with E-state index < -0.39 is 18.1 Å². The SMILES string of the molecule is COc1ccccc1-c1[nH]c2ccc(OC(F)(F)F)cc2c1CC(=O)O. The van der Waals surface area contributed by atoms with Gasteiger partial charge in [-0.1, -0.05) is 12.1 Å². The van der Waals surface area contributed by atoms with Gasteiger partial charge in [0, 0.05) is 16.5 Å². The second kappa shape index (κ2) is 6.62. The van der Waals surface area contributed by atoms with E-state index >= 15 is 0 Å². The van der Waals surface area contributed by atoms with Crippen molar-refractivity contribution in [3.63, 3.8) is 0 Å². The fraction of sp³-hybridized carbons (Fsp3) is 0.167. The third-order valence-electron chi connectivity index (χ3n) is 3.82. The average molecular weight is 365 g/mol. The summed E-state index contributed by atoms with van der Waals surface area (Å²) in [5, 5.41) is 9.58. The maximum Gasteiger partial charge on any atom is 0.573 e. The summed E-state index contributed by atoms with van der Waals surface area (Å²) in [6.07, 6.45) is -5.20. The molecule has 0 saturated carbocycles. The predicted molar refractivity (Wildman–Crippen MR) is 88.3 cm³/mol. The number of carboxylic acids is 1. The minimum atomic E-state index is -4.83. The number of H-pyrrole nitrogens is 1. The molecule has 0 atom stereocenters. The van der Waals surface area contributed by atoms with Crippen LogP contribution in [0, 0.1) is 0 Å². The first kappa shape index (κ1) is 17.7. The molecule has 26 heavy (non-hydrogen) atoms. The fourth-order valence-electron chi connectivity index (χ4n) is 2.84. The van der Waals surface area contributed by atoms with Crippen LogP contribution in [0.25, 0.3) is 22.2 Å². The molecule has 1 heterocycles. The van der Waals surface area contributed by atoms with E-state index in [1.165, 1.54) is 25.3 Å². The van der Waals surface area contributed by atoms with Crippen LogP contribution >= 0.6 is 0 Å². The highest BCUT2D eigenvalue weighted by Gasteiger charge is 2.31. The molecular weight excluding hydrogens is 351 g/mol. The number of carbonyl (C=O) groups is 1. The van der Waals surface area contributed by atoms with Gasteiger partial charge in [0.2, 0.25) is 0 Å². The third kappa shape index (κ3) is 3.58. The summed E-state index contributed by atoms with van der Waals surface area (Å²) in [7, 11) is 1.48. The number of methoxy groups -OCH3 is 1. The van der Waals surface area contributed by atoms with Crippen molar-refractivity contribution >= 4 is 16.9 Å². The maximum atomic E-state index is 12.5. The molecule has 3 aromatic rings. The first-order chi connectivity index (χ1) is 12.3. The minimum Gasteiger partial charge on any atom is -0.496 e. The van der Waals surface area contributed by atoms with Gasteiger partial charge in [-0.2, -0.15) is 0 Å². The highest BCUT2D eigenvalue weighted by molar-refractivity contribution is 5.95. The van der Waals surface area contributed by atoms with Crippen LogP contribution in [0.5, 0.6) is 11.5 Å². The second-order valence-corrected chi connectivity index (χ2v) is 5.50. The Labute approximate surface area is 146 Å². The van der Waals surface area contributed by atoms with Gasteiger partial charge in [0.1, 0.15) is 11.5 Å². The molecule has 0 radical (unpaired) electrons. The quantitative estimate of drug-likeness (QED) is 0.704. The summed E-state index contributed by atoms with van der Waals surface area (Å²) >= 11 is 0. The lowest BCUT2D eigenvalue weighted by atomic mass is 10.0. The normalized spacial score (nSPS) is 11.5. The molecule has 0 unspecified atom stereocenters. The van der Waals surface area contributed by atoms with Crippen LogP contribution in [-0.4, -0.2) is 29.5 Å². The molecule has 136 valence electrons. The minimum absolute atomic E-state index is 0.343. The van der Waals surface area contributed by atoms with E-state index in [0.717, 1.165) is 0 Å². The summed E-state index contributed by atoms with van der Waals surface area (Å²) in [5.41, 5.74) is 1.94. The van der Waals surface area contributed by atoms with Crippen molar-refractivity contribution < 1.29 is 32.5 Å². The number of aromatic amines is 1. The standard InChI is InChI=1S/C18H14F3NO4/c1-25-15-5-3-2-4-11(15)17-13(9-16(23)24)12-8-10(26-18(19,20)21)6-7-14(12)22-17/h2-8,22H,9H2,1H3,(H,23,24). The predicted octanol–water partition coefficient (Wildman–Crippen LogP) is 4.37. The lowest BCUT2D eigenvalue weighted by Crippen LogP contribution is -2.17. The Morgan fingerprint density at radius 2 is 1.92 bits per heavy atom. The van der Waals surface area contributed by atoms with E-state index in [-0.39, 0.29) is 6.42 Å². The number of nitrogens with one attached hydrogen (secondary N) is 1. The Hall–Kier alpha value is -3.16. The average Bonchev–Trinajstić information content (AvgIpc) is 2.90. The number of rotatable bonds is 5. The van der Waals surface area contributed by atoms with Gasteiger partial charge < -0.3 is 19.6 Å². The Balaban J connectivity index is 2.21. The van der Waals surface area contributed by atoms with Gasteiger partial charge in [-0.3, -0.25) is 4.79 Å². The van der Waals surface area contributed by atoms with Crippen LogP contribution in [0.2, 0.25) is 0 Å². The molecule has 2 aromatic carbocycles. The van der Waals surface area contributed by atoms with Gasteiger partial charge in [-0.25, -0.2) is 0 Å². The number of hydrogen-bond donors (Lipinski definition) is 2. The highest BCUT2D eigenvalue weighted by Crippen LogP contribution is 2.37. The molecule has 0 spiro atoms. The summed E-state index contributed by atoms with van der Waals surface area (Å²) < 4.78 is 46.7. The van der Waals surface area contributed by atoms with Crippen LogP contribution in [0.15, 0.2) is 42.5 Å². The van der Waals surface area contributed by atoms with E-state index in [0.29, 0.717) is 33.5 Å². The largest absolute Gasteiger partial charge is 0.573 e. The molecule has 3 rings (SSSR count). The number of alkyl halides is 3. The van der Waals surface area contributed by atoms with Crippen molar-refractivity contribution in [2.45, 2.75) is 12.8 Å². The smallest absolute Gasteiger partial charge is 0.496 e. The highest BCUT2D eigenvalue weighted by atomic mass is 19.4. The van der Waals surface area contributed by atoms with Crippen LogP contribution in [0.1, 0.15) is 5.56 Å². The van der Waals surface area contributed by atoms with Gasteiger partial charge in [-0.05, 0) is 35.9 Å². The monoisotopic (exact) mass is 365 g/mol. The zero-order valence-electron chi connectivity index (χ0n) is 13.6. The van der Waals surface area contributed by atoms with Crippen molar-refractivity contribution in [1.82, 2.24) is 4.98 Å². The molecule has 2 N–H and O–H groups in total. The number of halogens is 3. The summed E-state index contributed by atoms with van der Waals surface area (Å²) in [6, 6.07) is 10.7. The van der Waals surface area contributed by atoms with Crippen LogP contribution < -0.4 is 9.47 Å². The van der Waals surface area contributed by atoms with E-state index in [1.54, 1.807) is 24.3 Å². The molecule has 0 saturated heterocycles. The van der Waals surface area contributed by atoms with Gasteiger partial charge in [0.15, 0.2) is 0 Å². The number of aromatic nitrogens is 1. The van der Waals surface area contributed by atoms with Gasteiger partial charge in [-0.15, -0.1) is 13.2 Å². The summed E-state index contributed by atoms with van der Waals surface area (Å²) in [4.78, 5) is 14.4. The molecule has 0 amide bonds. The topological polar surface area (TPSA) is 71.5 Å². The van der Waals surface area contributed by atoms with Crippen molar-refractivity contribution in [3.8, 4) is 22.8 Å². The Morgan fingerprint density at radius 3 is 2.58 bits per heavy atom. The Morgan fingerprint density at radius 1 is 1.19 bits per heavy atom. The number of aliphatic carboxylic acids is 1. The van der Waals surface area contributed by atoms with Gasteiger partial charge in [0.25, 0.3) is 0 Å². The number of hydrogen-bond acceptors (Lipinski definition) is 3. The van der Waals surface area contributed by atoms with Crippen molar-refractivity contribution in [2.24, 2.45) is 0 Å². The molecule has 0 bridgehead atoms. The van der Waals surface area contributed by atoms with E-state index in [4.69, 9.17) is 4.74 Å². The number of ether oxygens (including phenoxy) is 2. The third-order valence-corrected chi connectivity index (χ3v) is 3.82. The zero-order valence-corrected chi connectivity index (χ0v) is 13.6. The van der Waals surface area contributed by atoms with Crippen LogP contribution in [-0.2, 0) is 11.2 Å². The number of para-hydroxylation sites is 1. The molecule has 5 nitrogen and oxygen atoms in total. The molecule has 0 fully saturated rings. The summed E-state index contributed by atoms with van der Waals surface area (Å²) in [5.74, 6) is -1.01. The molecule has 1 aromatic heterocycles. The molecule has 8 heteroatoms. The lowest BCUT2D eigenvalue weighted by molar-refractivity contribution is -0.274. The van der Waals surface area contributed by atoms with E-state index in [2.05, 4.69) is 9.72 Å². The van der Waals surface area contributed by atoms with E-state index in [9.17, 15) is 23.1 Å².